The molecule has 0 atom stereocenters. The Labute approximate surface area is 243 Å². The van der Waals surface area contributed by atoms with Crippen LogP contribution in [-0.2, 0) is 0 Å². The van der Waals surface area contributed by atoms with Gasteiger partial charge in [0.2, 0.25) is 0 Å². The second kappa shape index (κ2) is 10.9. The highest BCUT2D eigenvalue weighted by molar-refractivity contribution is 6.01. The van der Waals surface area contributed by atoms with E-state index in [1.165, 1.54) is 18.9 Å². The standard InChI is InChI=1S/C34H32FN7/c1-20-9-24(12-26(35)10-20)30-18-38-19-33-28(30)15-32(40-33)34-29-14-23(3-4-31(29)41-42-34)25-13-27(17-37-16-25)39-21(2)11-22-5-7-36-8-6-22/h3-4,9-10,12-19,22,36,39-40H,2,5-8,11H2,1H3,(H,41,42). The van der Waals surface area contributed by atoms with Gasteiger partial charge in [-0.2, -0.15) is 5.10 Å². The van der Waals surface area contributed by atoms with Gasteiger partial charge in [-0.25, -0.2) is 4.39 Å². The minimum absolute atomic E-state index is 0.261. The fourth-order valence-electron chi connectivity index (χ4n) is 6.06. The third kappa shape index (κ3) is 5.17. The molecule has 1 saturated heterocycles. The number of anilines is 1. The van der Waals surface area contributed by atoms with Crippen molar-refractivity contribution >= 4 is 27.5 Å². The minimum Gasteiger partial charge on any atom is -0.358 e. The molecule has 0 spiro atoms. The molecule has 4 N–H and O–H groups in total. The maximum atomic E-state index is 14.2. The average Bonchev–Trinajstić information content (AvgIpc) is 3.61. The Bertz CT molecular complexity index is 1910. The molecule has 210 valence electrons. The molecule has 0 unspecified atom stereocenters. The van der Waals surface area contributed by atoms with E-state index < -0.39 is 0 Å². The van der Waals surface area contributed by atoms with Crippen molar-refractivity contribution in [1.82, 2.24) is 30.5 Å². The number of nitrogens with one attached hydrogen (secondary N) is 4. The summed E-state index contributed by atoms with van der Waals surface area (Å²) in [5.74, 6) is 0.405. The van der Waals surface area contributed by atoms with Crippen LogP contribution in [0.5, 0.6) is 0 Å². The van der Waals surface area contributed by atoms with Crippen molar-refractivity contribution in [3.05, 3.63) is 97.0 Å². The van der Waals surface area contributed by atoms with Gasteiger partial charge in [-0.05, 0) is 98.3 Å². The Hall–Kier alpha value is -4.82. The van der Waals surface area contributed by atoms with Crippen LogP contribution in [0.25, 0.3) is 55.4 Å². The summed E-state index contributed by atoms with van der Waals surface area (Å²) >= 11 is 0. The summed E-state index contributed by atoms with van der Waals surface area (Å²) in [7, 11) is 0. The third-order valence-electron chi connectivity index (χ3n) is 8.10. The topological polar surface area (TPSA) is 94.3 Å². The molecule has 1 aliphatic heterocycles. The number of benzene rings is 2. The number of aromatic amines is 2. The Morgan fingerprint density at radius 2 is 1.76 bits per heavy atom. The smallest absolute Gasteiger partial charge is 0.124 e. The monoisotopic (exact) mass is 557 g/mol. The summed E-state index contributed by atoms with van der Waals surface area (Å²) in [4.78, 5) is 12.4. The predicted molar refractivity (Wildman–Crippen MR) is 168 cm³/mol. The largest absolute Gasteiger partial charge is 0.358 e. The highest BCUT2D eigenvalue weighted by Crippen LogP contribution is 2.35. The number of hydrogen-bond donors (Lipinski definition) is 4. The summed E-state index contributed by atoms with van der Waals surface area (Å²) < 4.78 is 14.2. The lowest BCUT2D eigenvalue weighted by Crippen LogP contribution is -2.28. The van der Waals surface area contributed by atoms with Gasteiger partial charge in [0.05, 0.1) is 34.8 Å². The van der Waals surface area contributed by atoms with Gasteiger partial charge in [-0.1, -0.05) is 18.7 Å². The fraction of sp³-hybridized carbons (Fsp3) is 0.206. The van der Waals surface area contributed by atoms with Crippen molar-refractivity contribution in [3.63, 3.8) is 0 Å². The molecule has 0 bridgehead atoms. The van der Waals surface area contributed by atoms with E-state index in [4.69, 9.17) is 0 Å². The Kier molecular flexibility index (Phi) is 6.76. The van der Waals surface area contributed by atoms with Crippen LogP contribution >= 0.6 is 0 Å². The number of aromatic nitrogens is 5. The molecule has 4 aromatic heterocycles. The highest BCUT2D eigenvalue weighted by Gasteiger charge is 2.17. The van der Waals surface area contributed by atoms with Gasteiger partial charge in [-0.15, -0.1) is 0 Å². The SMILES string of the molecule is C=C(CC1CCNCC1)Nc1cncc(-c2ccc3[nH]nc(-c4cc5c(-c6cc(C)cc(F)c6)cncc5[nH]4)c3c2)c1. The number of fused-ring (bicyclic) bond motifs is 2. The first-order valence-electron chi connectivity index (χ1n) is 14.3. The summed E-state index contributed by atoms with van der Waals surface area (Å²) in [6, 6.07) is 15.5. The van der Waals surface area contributed by atoms with E-state index in [9.17, 15) is 4.39 Å². The summed E-state index contributed by atoms with van der Waals surface area (Å²) in [6.07, 6.45) is 10.6. The van der Waals surface area contributed by atoms with Gasteiger partial charge in [0, 0.05) is 40.0 Å². The van der Waals surface area contributed by atoms with Crippen LogP contribution in [0.3, 0.4) is 0 Å². The highest BCUT2D eigenvalue weighted by atomic mass is 19.1. The van der Waals surface area contributed by atoms with Crippen molar-refractivity contribution in [2.75, 3.05) is 18.4 Å². The summed E-state index contributed by atoms with van der Waals surface area (Å²) in [5, 5.41) is 16.7. The van der Waals surface area contributed by atoms with Crippen molar-refractivity contribution in [3.8, 4) is 33.6 Å². The van der Waals surface area contributed by atoms with Crippen LogP contribution in [0, 0.1) is 18.7 Å². The van der Waals surface area contributed by atoms with Gasteiger partial charge in [0.15, 0.2) is 0 Å². The van der Waals surface area contributed by atoms with Gasteiger partial charge in [-0.3, -0.25) is 15.1 Å². The van der Waals surface area contributed by atoms with E-state index >= 15 is 0 Å². The first-order chi connectivity index (χ1) is 20.5. The molecule has 7 rings (SSSR count). The first kappa shape index (κ1) is 26.1. The molecule has 42 heavy (non-hydrogen) atoms. The Morgan fingerprint density at radius 3 is 2.62 bits per heavy atom. The molecule has 1 fully saturated rings. The molecule has 2 aromatic carbocycles. The van der Waals surface area contributed by atoms with E-state index in [1.54, 1.807) is 18.5 Å². The maximum Gasteiger partial charge on any atom is 0.124 e. The zero-order chi connectivity index (χ0) is 28.6. The quantitative estimate of drug-likeness (QED) is 0.162. The second-order valence-electron chi connectivity index (χ2n) is 11.3. The number of hydrogen-bond acceptors (Lipinski definition) is 5. The fourth-order valence-corrected chi connectivity index (χ4v) is 6.06. The van der Waals surface area contributed by atoms with Crippen LogP contribution in [0.4, 0.5) is 10.1 Å². The van der Waals surface area contributed by atoms with Gasteiger partial charge in [0.1, 0.15) is 11.5 Å². The summed E-state index contributed by atoms with van der Waals surface area (Å²) in [5.41, 5.74) is 10.0. The van der Waals surface area contributed by atoms with E-state index in [0.29, 0.717) is 5.92 Å². The summed E-state index contributed by atoms with van der Waals surface area (Å²) in [6.45, 7) is 8.33. The molecule has 0 saturated carbocycles. The Balaban J connectivity index is 1.20. The molecule has 0 amide bonds. The van der Waals surface area contributed by atoms with Gasteiger partial charge >= 0.3 is 0 Å². The van der Waals surface area contributed by atoms with Crippen LogP contribution in [0.2, 0.25) is 0 Å². The number of H-pyrrole nitrogens is 2. The predicted octanol–water partition coefficient (Wildman–Crippen LogP) is 7.60. The number of allylic oxidation sites excluding steroid dienone is 1. The molecule has 7 nitrogen and oxygen atoms in total. The second-order valence-corrected chi connectivity index (χ2v) is 11.3. The van der Waals surface area contributed by atoms with Crippen molar-refractivity contribution < 1.29 is 4.39 Å². The normalized spacial score (nSPS) is 14.0. The lowest BCUT2D eigenvalue weighted by Gasteiger charge is -2.23. The lowest BCUT2D eigenvalue weighted by atomic mass is 9.93. The van der Waals surface area contributed by atoms with Crippen molar-refractivity contribution in [2.24, 2.45) is 5.92 Å². The number of piperidine rings is 1. The van der Waals surface area contributed by atoms with Crippen LogP contribution in [0.15, 0.2) is 85.6 Å². The molecule has 5 heterocycles. The van der Waals surface area contributed by atoms with E-state index in [0.717, 1.165) is 91.9 Å². The van der Waals surface area contributed by atoms with Gasteiger partial charge < -0.3 is 15.6 Å². The van der Waals surface area contributed by atoms with E-state index in [1.807, 2.05) is 31.5 Å². The zero-order valence-electron chi connectivity index (χ0n) is 23.5. The van der Waals surface area contributed by atoms with Gasteiger partial charge in [0.25, 0.3) is 0 Å². The molecular weight excluding hydrogens is 525 g/mol. The van der Waals surface area contributed by atoms with E-state index in [-0.39, 0.29) is 5.82 Å². The molecular formula is C34H32FN7. The number of aryl methyl sites for hydroxylation is 1. The van der Waals surface area contributed by atoms with Crippen molar-refractivity contribution in [1.29, 1.82) is 0 Å². The molecule has 1 aliphatic rings. The van der Waals surface area contributed by atoms with Crippen LogP contribution < -0.4 is 10.6 Å². The van der Waals surface area contributed by atoms with Crippen LogP contribution in [-0.4, -0.2) is 38.2 Å². The Morgan fingerprint density at radius 1 is 0.905 bits per heavy atom. The number of rotatable bonds is 7. The third-order valence-corrected chi connectivity index (χ3v) is 8.10. The number of pyridine rings is 2. The van der Waals surface area contributed by atoms with E-state index in [2.05, 4.69) is 66.6 Å². The molecule has 0 aliphatic carbocycles. The minimum atomic E-state index is -0.261. The average molecular weight is 558 g/mol. The van der Waals surface area contributed by atoms with Crippen molar-refractivity contribution in [2.45, 2.75) is 26.2 Å². The number of halogens is 1. The maximum absolute atomic E-state index is 14.2. The molecule has 0 radical (unpaired) electrons. The van der Waals surface area contributed by atoms with Crippen LogP contribution in [0.1, 0.15) is 24.8 Å². The first-order valence-corrected chi connectivity index (χ1v) is 14.3. The molecule has 8 heteroatoms. The number of nitrogens with zero attached hydrogens (tertiary/aromatic N) is 3. The lowest BCUT2D eigenvalue weighted by molar-refractivity contribution is 0.373. The molecule has 6 aromatic rings. The zero-order valence-corrected chi connectivity index (χ0v) is 23.5.